The van der Waals surface area contributed by atoms with E-state index in [2.05, 4.69) is 9.80 Å². The highest BCUT2D eigenvalue weighted by atomic mass is 16.3. The topological polar surface area (TPSA) is 60.1 Å². The third-order valence-electron chi connectivity index (χ3n) is 4.89. The monoisotopic (exact) mass is 350 g/mol. The Hall–Kier alpha value is -2.76. The normalized spacial score (nSPS) is 16.3. The number of benzene rings is 2. The quantitative estimate of drug-likeness (QED) is 0.735. The second kappa shape index (κ2) is 7.23. The average Bonchev–Trinajstić information content (AvgIpc) is 3.29. The predicted octanol–water partition coefficient (Wildman–Crippen LogP) is 3.71. The molecule has 134 valence electrons. The Morgan fingerprint density at radius 3 is 1.77 bits per heavy atom. The second-order valence-electron chi connectivity index (χ2n) is 6.59. The van der Waals surface area contributed by atoms with E-state index >= 15 is 0 Å². The molecule has 0 amide bonds. The summed E-state index contributed by atoms with van der Waals surface area (Å²) in [5.41, 5.74) is 1.79. The van der Waals surface area contributed by atoms with Crippen LogP contribution in [0, 0.1) is 0 Å². The molecule has 2 heterocycles. The number of aromatic hydroxyl groups is 2. The van der Waals surface area contributed by atoms with Crippen molar-refractivity contribution in [3.05, 3.63) is 83.8 Å². The van der Waals surface area contributed by atoms with Crippen LogP contribution in [-0.4, -0.2) is 33.1 Å². The summed E-state index contributed by atoms with van der Waals surface area (Å²) in [7, 11) is 0. The van der Waals surface area contributed by atoms with Gasteiger partial charge in [0.05, 0.1) is 6.26 Å². The second-order valence-corrected chi connectivity index (χ2v) is 6.59. The molecular formula is C21H22N2O3. The van der Waals surface area contributed by atoms with Crippen molar-refractivity contribution in [3.8, 4) is 11.5 Å². The molecule has 0 atom stereocenters. The smallest absolute Gasteiger partial charge is 0.135 e. The maximum absolute atomic E-state index is 10.1. The number of para-hydroxylation sites is 2. The molecule has 4 rings (SSSR count). The molecular weight excluding hydrogens is 328 g/mol. The van der Waals surface area contributed by atoms with E-state index in [0.29, 0.717) is 24.6 Å². The molecule has 5 heteroatoms. The number of furan rings is 1. The van der Waals surface area contributed by atoms with Crippen molar-refractivity contribution in [1.29, 1.82) is 0 Å². The first-order valence-corrected chi connectivity index (χ1v) is 8.77. The lowest BCUT2D eigenvalue weighted by Gasteiger charge is -2.29. The minimum atomic E-state index is -0.0378. The SMILES string of the molecule is Oc1ccccc1CN1CCN(Cc2ccccc2O)C1c1ccco1. The van der Waals surface area contributed by atoms with Gasteiger partial charge in [-0.15, -0.1) is 0 Å². The summed E-state index contributed by atoms with van der Waals surface area (Å²) >= 11 is 0. The lowest BCUT2D eigenvalue weighted by Crippen LogP contribution is -2.30. The molecule has 5 nitrogen and oxygen atoms in total. The van der Waals surface area contributed by atoms with Gasteiger partial charge in [-0.05, 0) is 24.3 Å². The molecule has 2 aromatic carbocycles. The van der Waals surface area contributed by atoms with E-state index in [1.165, 1.54) is 0 Å². The zero-order valence-electron chi connectivity index (χ0n) is 14.5. The van der Waals surface area contributed by atoms with Gasteiger partial charge in [-0.1, -0.05) is 36.4 Å². The van der Waals surface area contributed by atoms with Gasteiger partial charge in [-0.2, -0.15) is 0 Å². The van der Waals surface area contributed by atoms with Crippen molar-refractivity contribution >= 4 is 0 Å². The first kappa shape index (κ1) is 16.7. The average molecular weight is 350 g/mol. The molecule has 3 aromatic rings. The predicted molar refractivity (Wildman–Crippen MR) is 98.5 cm³/mol. The Bertz CT molecular complexity index is 808. The summed E-state index contributed by atoms with van der Waals surface area (Å²) in [6, 6.07) is 18.7. The van der Waals surface area contributed by atoms with Crippen LogP contribution in [0.2, 0.25) is 0 Å². The highest BCUT2D eigenvalue weighted by Gasteiger charge is 2.35. The molecule has 1 saturated heterocycles. The van der Waals surface area contributed by atoms with Crippen LogP contribution < -0.4 is 0 Å². The zero-order valence-corrected chi connectivity index (χ0v) is 14.5. The van der Waals surface area contributed by atoms with E-state index in [-0.39, 0.29) is 6.17 Å². The van der Waals surface area contributed by atoms with Gasteiger partial charge < -0.3 is 14.6 Å². The number of rotatable bonds is 5. The third kappa shape index (κ3) is 3.31. The van der Waals surface area contributed by atoms with E-state index < -0.39 is 0 Å². The molecule has 0 radical (unpaired) electrons. The molecule has 0 saturated carbocycles. The number of nitrogens with zero attached hydrogens (tertiary/aromatic N) is 2. The summed E-state index contributed by atoms with van der Waals surface area (Å²) in [5, 5.41) is 20.3. The fourth-order valence-corrected chi connectivity index (χ4v) is 3.59. The van der Waals surface area contributed by atoms with E-state index in [9.17, 15) is 10.2 Å². The first-order valence-electron chi connectivity index (χ1n) is 8.77. The van der Waals surface area contributed by atoms with Crippen LogP contribution in [0.15, 0.2) is 71.3 Å². The van der Waals surface area contributed by atoms with E-state index in [0.717, 1.165) is 30.0 Å². The molecule has 1 aliphatic rings. The van der Waals surface area contributed by atoms with Crippen LogP contribution in [0.25, 0.3) is 0 Å². The third-order valence-corrected chi connectivity index (χ3v) is 4.89. The van der Waals surface area contributed by atoms with Gasteiger partial charge in [-0.3, -0.25) is 9.80 Å². The van der Waals surface area contributed by atoms with Gasteiger partial charge >= 0.3 is 0 Å². The van der Waals surface area contributed by atoms with Crippen molar-refractivity contribution < 1.29 is 14.6 Å². The maximum atomic E-state index is 10.1. The molecule has 1 aliphatic heterocycles. The van der Waals surface area contributed by atoms with E-state index in [1.807, 2.05) is 48.5 Å². The number of hydrogen-bond donors (Lipinski definition) is 2. The van der Waals surface area contributed by atoms with Gasteiger partial charge in [0.1, 0.15) is 23.4 Å². The maximum Gasteiger partial charge on any atom is 0.135 e. The van der Waals surface area contributed by atoms with Gasteiger partial charge in [0.15, 0.2) is 0 Å². The van der Waals surface area contributed by atoms with Crippen LogP contribution in [0.4, 0.5) is 0 Å². The van der Waals surface area contributed by atoms with Crippen LogP contribution in [0.5, 0.6) is 11.5 Å². The lowest BCUT2D eigenvalue weighted by molar-refractivity contribution is 0.102. The Labute approximate surface area is 152 Å². The van der Waals surface area contributed by atoms with Gasteiger partial charge in [-0.25, -0.2) is 0 Å². The molecule has 1 fully saturated rings. The van der Waals surface area contributed by atoms with E-state index in [4.69, 9.17) is 4.42 Å². The summed E-state index contributed by atoms with van der Waals surface area (Å²) < 4.78 is 5.71. The molecule has 0 bridgehead atoms. The molecule has 0 aliphatic carbocycles. The zero-order chi connectivity index (χ0) is 17.9. The standard InChI is InChI=1S/C21H22N2O3/c24-18-8-3-1-6-16(18)14-22-11-12-23(21(22)20-10-5-13-26-20)15-17-7-2-4-9-19(17)25/h1-10,13,21,24-25H,11-12,14-15H2. The van der Waals surface area contributed by atoms with Crippen LogP contribution in [-0.2, 0) is 13.1 Å². The van der Waals surface area contributed by atoms with Gasteiger partial charge in [0.25, 0.3) is 0 Å². The number of hydrogen-bond acceptors (Lipinski definition) is 5. The molecule has 2 N–H and O–H groups in total. The number of phenolic OH excluding ortho intramolecular Hbond substituents is 2. The Morgan fingerprint density at radius 2 is 1.31 bits per heavy atom. The lowest BCUT2D eigenvalue weighted by atomic mass is 10.1. The fourth-order valence-electron chi connectivity index (χ4n) is 3.59. The molecule has 0 spiro atoms. The van der Waals surface area contributed by atoms with Crippen molar-refractivity contribution in [2.45, 2.75) is 19.3 Å². The van der Waals surface area contributed by atoms with Crippen LogP contribution in [0.1, 0.15) is 23.1 Å². The van der Waals surface area contributed by atoms with Crippen molar-refractivity contribution in [2.24, 2.45) is 0 Å². The molecule has 1 aromatic heterocycles. The van der Waals surface area contributed by atoms with Gasteiger partial charge in [0.2, 0.25) is 0 Å². The minimum Gasteiger partial charge on any atom is -0.508 e. The van der Waals surface area contributed by atoms with E-state index in [1.54, 1.807) is 18.4 Å². The van der Waals surface area contributed by atoms with Crippen molar-refractivity contribution in [1.82, 2.24) is 9.80 Å². The Kier molecular flexibility index (Phi) is 4.65. The minimum absolute atomic E-state index is 0.0378. The highest BCUT2D eigenvalue weighted by molar-refractivity contribution is 5.33. The Morgan fingerprint density at radius 1 is 0.769 bits per heavy atom. The van der Waals surface area contributed by atoms with Gasteiger partial charge in [0, 0.05) is 37.3 Å². The molecule has 26 heavy (non-hydrogen) atoms. The number of phenols is 2. The molecule has 0 unspecified atom stereocenters. The highest BCUT2D eigenvalue weighted by Crippen LogP contribution is 2.35. The van der Waals surface area contributed by atoms with Crippen molar-refractivity contribution in [3.63, 3.8) is 0 Å². The van der Waals surface area contributed by atoms with Crippen LogP contribution in [0.3, 0.4) is 0 Å². The fraction of sp³-hybridized carbons (Fsp3) is 0.238. The van der Waals surface area contributed by atoms with Crippen molar-refractivity contribution in [2.75, 3.05) is 13.1 Å². The van der Waals surface area contributed by atoms with Crippen LogP contribution >= 0.6 is 0 Å². The largest absolute Gasteiger partial charge is 0.508 e. The summed E-state index contributed by atoms with van der Waals surface area (Å²) in [6.45, 7) is 2.98. The summed E-state index contributed by atoms with van der Waals surface area (Å²) in [4.78, 5) is 4.57. The first-order chi connectivity index (χ1) is 12.7. The summed E-state index contributed by atoms with van der Waals surface area (Å²) in [6.07, 6.45) is 1.65. The summed E-state index contributed by atoms with van der Waals surface area (Å²) in [5.74, 6) is 1.49. The Balaban J connectivity index is 1.60.